The van der Waals surface area contributed by atoms with Crippen LogP contribution in [0.3, 0.4) is 0 Å². The van der Waals surface area contributed by atoms with Crippen LogP contribution in [0.2, 0.25) is 0 Å². The Morgan fingerprint density at radius 3 is 2.40 bits per heavy atom. The maximum absolute atomic E-state index is 4.45. The van der Waals surface area contributed by atoms with Crippen molar-refractivity contribution in [2.45, 2.75) is 0 Å². The van der Waals surface area contributed by atoms with Crippen LogP contribution in [0.4, 0.5) is 0 Å². The summed E-state index contributed by atoms with van der Waals surface area (Å²) < 4.78 is 2.00. The number of pyridine rings is 2. The van der Waals surface area contributed by atoms with E-state index in [1.165, 1.54) is 16.2 Å². The third-order valence-electron chi connectivity index (χ3n) is 4.83. The number of hydrogen-bond acceptors (Lipinski definition) is 2. The van der Waals surface area contributed by atoms with Gasteiger partial charge in [0.15, 0.2) is 0 Å². The number of hydrogen-bond donors (Lipinski definition) is 0. The monoisotopic (exact) mass is 566 g/mol. The molecule has 0 aliphatic rings. The summed E-state index contributed by atoms with van der Waals surface area (Å²) in [4.78, 5) is 8.72. The molecule has 0 radical (unpaired) electrons. The summed E-state index contributed by atoms with van der Waals surface area (Å²) in [6.45, 7) is 0. The minimum absolute atomic E-state index is 0. The fourth-order valence-electron chi connectivity index (χ4n) is 3.44. The van der Waals surface area contributed by atoms with Crippen molar-refractivity contribution in [3.8, 4) is 11.3 Å². The zero-order valence-corrected chi connectivity index (χ0v) is 18.2. The molecule has 146 valence electrons. The Labute approximate surface area is 189 Å². The van der Waals surface area contributed by atoms with Gasteiger partial charge < -0.3 is 9.38 Å². The Kier molecular flexibility index (Phi) is 6.01. The van der Waals surface area contributed by atoms with Gasteiger partial charge in [-0.1, -0.05) is 30.3 Å². The second-order valence-corrected chi connectivity index (χ2v) is 6.63. The second kappa shape index (κ2) is 9.02. The molecular weight excluding hydrogens is 549 g/mol. The van der Waals surface area contributed by atoms with Gasteiger partial charge in [-0.15, -0.1) is 70.9 Å². The second-order valence-electron chi connectivity index (χ2n) is 6.63. The number of nitrogens with zero attached hydrogens (tertiary/aromatic N) is 3. The fourth-order valence-corrected chi connectivity index (χ4v) is 3.44. The van der Waals surface area contributed by atoms with Gasteiger partial charge in [0.25, 0.3) is 0 Å². The topological polar surface area (TPSA) is 30.2 Å². The molecule has 30 heavy (non-hydrogen) atoms. The Morgan fingerprint density at radius 2 is 1.50 bits per heavy atom. The predicted molar refractivity (Wildman–Crippen MR) is 118 cm³/mol. The van der Waals surface area contributed by atoms with Crippen LogP contribution in [-0.4, -0.2) is 14.4 Å². The van der Waals surface area contributed by atoms with Gasteiger partial charge in [-0.05, 0) is 28.7 Å². The van der Waals surface area contributed by atoms with Crippen LogP contribution in [0.15, 0.2) is 104 Å². The van der Waals surface area contributed by atoms with Gasteiger partial charge in [0, 0.05) is 18.6 Å². The number of rotatable bonds is 1. The van der Waals surface area contributed by atoms with Crippen molar-refractivity contribution in [2.24, 2.45) is 0 Å². The van der Waals surface area contributed by atoms with Crippen LogP contribution in [0.1, 0.15) is 0 Å². The summed E-state index contributed by atoms with van der Waals surface area (Å²) in [5.74, 6) is 0. The van der Waals surface area contributed by atoms with Crippen LogP contribution < -0.4 is 0 Å². The van der Waals surface area contributed by atoms with Gasteiger partial charge in [-0.25, -0.2) is 0 Å². The van der Waals surface area contributed by atoms with E-state index in [4.69, 9.17) is 0 Å². The summed E-state index contributed by atoms with van der Waals surface area (Å²) >= 11 is 0. The molecule has 4 heteroatoms. The molecule has 0 unspecified atom stereocenters. The van der Waals surface area contributed by atoms with Gasteiger partial charge in [-0.3, -0.25) is 4.98 Å². The third kappa shape index (κ3) is 3.90. The van der Waals surface area contributed by atoms with Crippen molar-refractivity contribution in [1.82, 2.24) is 14.4 Å². The molecule has 0 fully saturated rings. The first-order chi connectivity index (χ1) is 14.4. The molecular formula is C26H17N3Pt. The molecule has 0 aliphatic carbocycles. The maximum atomic E-state index is 4.45. The van der Waals surface area contributed by atoms with E-state index in [0.717, 1.165) is 22.3 Å². The summed E-state index contributed by atoms with van der Waals surface area (Å²) in [7, 11) is 0. The van der Waals surface area contributed by atoms with Gasteiger partial charge in [0.1, 0.15) is 0 Å². The molecule has 0 saturated heterocycles. The third-order valence-corrected chi connectivity index (χ3v) is 4.83. The van der Waals surface area contributed by atoms with Gasteiger partial charge >= 0.3 is 21.1 Å². The van der Waals surface area contributed by atoms with E-state index in [1.54, 1.807) is 6.20 Å². The van der Waals surface area contributed by atoms with Crippen molar-refractivity contribution in [3.63, 3.8) is 0 Å². The van der Waals surface area contributed by atoms with E-state index in [1.807, 2.05) is 77.6 Å². The Balaban J connectivity index is 0.000000143. The van der Waals surface area contributed by atoms with E-state index in [9.17, 15) is 0 Å². The normalized spacial score (nSPS) is 10.4. The van der Waals surface area contributed by atoms with Gasteiger partial charge in [0.05, 0.1) is 5.65 Å². The fraction of sp³-hybridized carbons (Fsp3) is 0. The quantitative estimate of drug-likeness (QED) is 0.229. The molecule has 0 aliphatic heterocycles. The van der Waals surface area contributed by atoms with Crippen molar-refractivity contribution in [1.29, 1.82) is 0 Å². The molecule has 0 spiro atoms. The summed E-state index contributed by atoms with van der Waals surface area (Å²) in [5.41, 5.74) is 3.01. The van der Waals surface area contributed by atoms with Crippen LogP contribution in [-0.2, 0) is 21.1 Å². The van der Waals surface area contributed by atoms with Crippen molar-refractivity contribution < 1.29 is 21.1 Å². The molecule has 3 heterocycles. The van der Waals surface area contributed by atoms with E-state index >= 15 is 0 Å². The summed E-state index contributed by atoms with van der Waals surface area (Å²) in [6, 6.07) is 32.7. The number of fused-ring (bicyclic) bond motifs is 4. The van der Waals surface area contributed by atoms with Gasteiger partial charge in [0.2, 0.25) is 0 Å². The maximum Gasteiger partial charge on any atom is 2.00 e. The first-order valence-corrected chi connectivity index (χ1v) is 9.43. The molecule has 6 rings (SSSR count). The van der Waals surface area contributed by atoms with E-state index in [-0.39, 0.29) is 21.1 Å². The number of aromatic nitrogens is 3. The van der Waals surface area contributed by atoms with Crippen molar-refractivity contribution >= 4 is 27.2 Å². The smallest absolute Gasteiger partial charge is 0.347 e. The first kappa shape index (κ1) is 20.0. The zero-order valence-electron chi connectivity index (χ0n) is 16.0. The standard InChI is InChI=1S/C15H10N.C11H7N2.Pt/c1-2-7-13(8-3-1)15-14-9-5-4-6-12(14)10-11-16-15;1-2-4-10-9(3-1)5-7-13-8-6-12-11(10)13;/h1-7,9-11H;1-3,5-8H;/q2*-1;+2. The minimum Gasteiger partial charge on any atom is -0.347 e. The van der Waals surface area contributed by atoms with Crippen molar-refractivity contribution in [3.05, 3.63) is 116 Å². The van der Waals surface area contributed by atoms with Crippen LogP contribution >= 0.6 is 0 Å². The average Bonchev–Trinajstić information content (AvgIpc) is 3.29. The Hall–Kier alpha value is -3.29. The minimum atomic E-state index is 0. The molecule has 0 atom stereocenters. The van der Waals surface area contributed by atoms with E-state index < -0.39 is 0 Å². The Bertz CT molecular complexity index is 1400. The molecule has 3 aromatic heterocycles. The average molecular weight is 567 g/mol. The molecule has 0 saturated carbocycles. The van der Waals surface area contributed by atoms with Crippen LogP contribution in [0.25, 0.3) is 38.4 Å². The molecule has 3 aromatic carbocycles. The molecule has 6 aromatic rings. The molecule has 0 N–H and O–H groups in total. The summed E-state index contributed by atoms with van der Waals surface area (Å²) in [6.07, 6.45) is 7.60. The zero-order chi connectivity index (χ0) is 19.5. The van der Waals surface area contributed by atoms with Crippen LogP contribution in [0, 0.1) is 12.1 Å². The van der Waals surface area contributed by atoms with E-state index in [0.29, 0.717) is 0 Å². The summed E-state index contributed by atoms with van der Waals surface area (Å²) in [5, 5.41) is 4.65. The van der Waals surface area contributed by atoms with E-state index in [2.05, 4.69) is 46.4 Å². The van der Waals surface area contributed by atoms with Crippen molar-refractivity contribution in [2.75, 3.05) is 0 Å². The Morgan fingerprint density at radius 1 is 0.667 bits per heavy atom. The molecule has 0 bridgehead atoms. The largest absolute Gasteiger partial charge is 2.00 e. The first-order valence-electron chi connectivity index (χ1n) is 9.43. The van der Waals surface area contributed by atoms with Crippen LogP contribution in [0.5, 0.6) is 0 Å². The van der Waals surface area contributed by atoms with Gasteiger partial charge in [-0.2, -0.15) is 0 Å². The number of imidazole rings is 1. The number of benzene rings is 3. The SMILES string of the molecule is [Pt+2].[c-]1cccc2ccn3ccnc3c12.[c-]1ccccc1-c1nccc2ccccc12. The molecule has 0 amide bonds. The predicted octanol–water partition coefficient (Wildman–Crippen LogP) is 5.99. The molecule has 3 nitrogen and oxygen atoms in total.